The van der Waals surface area contributed by atoms with E-state index in [-0.39, 0.29) is 11.4 Å². The summed E-state index contributed by atoms with van der Waals surface area (Å²) in [6.07, 6.45) is 0.887. The Morgan fingerprint density at radius 1 is 1.00 bits per heavy atom. The van der Waals surface area contributed by atoms with E-state index in [2.05, 4.69) is 4.98 Å². The Hall–Kier alpha value is -2.04. The van der Waals surface area contributed by atoms with E-state index < -0.39 is 17.5 Å². The summed E-state index contributed by atoms with van der Waals surface area (Å²) in [6, 6.07) is 4.39. The van der Waals surface area contributed by atoms with E-state index in [1.807, 2.05) is 0 Å². The molecule has 82 valence electrons. The number of nitrogens with zero attached hydrogens (tertiary/aromatic N) is 1. The minimum absolute atomic E-state index is 0.0619. The van der Waals surface area contributed by atoms with Gasteiger partial charge in [0.2, 0.25) is 0 Å². The number of anilines is 1. The molecule has 1 heterocycles. The van der Waals surface area contributed by atoms with Gasteiger partial charge in [-0.1, -0.05) is 0 Å². The van der Waals surface area contributed by atoms with Crippen LogP contribution in [0.4, 0.5) is 18.9 Å². The molecule has 1 aromatic carbocycles. The van der Waals surface area contributed by atoms with E-state index in [9.17, 15) is 13.2 Å². The van der Waals surface area contributed by atoms with Gasteiger partial charge in [-0.15, -0.1) is 0 Å². The topological polar surface area (TPSA) is 38.9 Å². The van der Waals surface area contributed by atoms with Crippen LogP contribution >= 0.6 is 0 Å². The van der Waals surface area contributed by atoms with Gasteiger partial charge in [-0.05, 0) is 18.2 Å². The van der Waals surface area contributed by atoms with E-state index in [0.717, 1.165) is 12.3 Å². The summed E-state index contributed by atoms with van der Waals surface area (Å²) >= 11 is 0. The Balaban J connectivity index is 2.54. The highest BCUT2D eigenvalue weighted by atomic mass is 19.1. The minimum Gasteiger partial charge on any atom is -0.396 e. The number of hydrogen-bond donors (Lipinski definition) is 1. The molecular weight excluding hydrogens is 217 g/mol. The summed E-state index contributed by atoms with van der Waals surface area (Å²) in [4.78, 5) is 3.59. The first-order valence-electron chi connectivity index (χ1n) is 4.44. The average molecular weight is 224 g/mol. The van der Waals surface area contributed by atoms with Crippen LogP contribution in [-0.2, 0) is 0 Å². The van der Waals surface area contributed by atoms with E-state index in [4.69, 9.17) is 5.73 Å². The lowest BCUT2D eigenvalue weighted by Crippen LogP contribution is -1.94. The molecule has 16 heavy (non-hydrogen) atoms. The van der Waals surface area contributed by atoms with Crippen molar-refractivity contribution in [2.45, 2.75) is 0 Å². The highest BCUT2D eigenvalue weighted by Crippen LogP contribution is 2.24. The number of rotatable bonds is 1. The fourth-order valence-corrected chi connectivity index (χ4v) is 1.32. The summed E-state index contributed by atoms with van der Waals surface area (Å²) in [7, 11) is 0. The normalized spacial score (nSPS) is 10.4. The van der Waals surface area contributed by atoms with Gasteiger partial charge in [0.05, 0.1) is 11.9 Å². The smallest absolute Gasteiger partial charge is 0.152 e. The fraction of sp³-hybridized carbons (Fsp3) is 0. The molecule has 0 aliphatic rings. The molecule has 0 unspecified atom stereocenters. The zero-order chi connectivity index (χ0) is 11.7. The predicted molar refractivity (Wildman–Crippen MR) is 54.0 cm³/mol. The molecular formula is C11H7F3N2. The SMILES string of the molecule is Nc1cc(-c2ncc(F)cc2F)ccc1F. The molecule has 0 spiro atoms. The van der Waals surface area contributed by atoms with Crippen molar-refractivity contribution in [3.05, 3.63) is 47.9 Å². The average Bonchev–Trinajstić information content (AvgIpc) is 2.22. The summed E-state index contributed by atoms with van der Waals surface area (Å²) in [5, 5.41) is 0. The molecule has 5 heteroatoms. The largest absolute Gasteiger partial charge is 0.396 e. The second kappa shape index (κ2) is 3.84. The first-order valence-corrected chi connectivity index (χ1v) is 4.44. The number of nitrogens with two attached hydrogens (primary N) is 1. The number of benzene rings is 1. The molecule has 0 amide bonds. The molecule has 0 saturated heterocycles. The Morgan fingerprint density at radius 2 is 1.75 bits per heavy atom. The van der Waals surface area contributed by atoms with Gasteiger partial charge >= 0.3 is 0 Å². The van der Waals surface area contributed by atoms with E-state index in [1.54, 1.807) is 0 Å². The fourth-order valence-electron chi connectivity index (χ4n) is 1.32. The third-order valence-electron chi connectivity index (χ3n) is 2.08. The number of nitrogen functional groups attached to an aromatic ring is 1. The minimum atomic E-state index is -0.814. The number of hydrogen-bond acceptors (Lipinski definition) is 2. The first-order chi connectivity index (χ1) is 7.58. The van der Waals surface area contributed by atoms with Crippen LogP contribution in [0.1, 0.15) is 0 Å². The second-order valence-electron chi connectivity index (χ2n) is 3.22. The summed E-state index contributed by atoms with van der Waals surface area (Å²) in [6.45, 7) is 0. The lowest BCUT2D eigenvalue weighted by atomic mass is 10.1. The van der Waals surface area contributed by atoms with Crippen molar-refractivity contribution in [2.24, 2.45) is 0 Å². The van der Waals surface area contributed by atoms with Crippen LogP contribution in [0.5, 0.6) is 0 Å². The van der Waals surface area contributed by atoms with Gasteiger partial charge in [0.25, 0.3) is 0 Å². The highest BCUT2D eigenvalue weighted by molar-refractivity contribution is 5.64. The first kappa shape index (κ1) is 10.5. The monoisotopic (exact) mass is 224 g/mol. The Kier molecular flexibility index (Phi) is 2.52. The van der Waals surface area contributed by atoms with Crippen LogP contribution in [-0.4, -0.2) is 4.98 Å². The molecule has 2 N–H and O–H groups in total. The zero-order valence-electron chi connectivity index (χ0n) is 8.05. The summed E-state index contributed by atoms with van der Waals surface area (Å²) in [5.41, 5.74) is 5.47. The Bertz CT molecular complexity index is 541. The van der Waals surface area contributed by atoms with E-state index in [1.165, 1.54) is 12.1 Å². The van der Waals surface area contributed by atoms with Crippen molar-refractivity contribution in [2.75, 3.05) is 5.73 Å². The van der Waals surface area contributed by atoms with Gasteiger partial charge in [-0.2, -0.15) is 0 Å². The molecule has 2 aromatic rings. The van der Waals surface area contributed by atoms with Crippen molar-refractivity contribution in [3.8, 4) is 11.3 Å². The standard InChI is InChI=1S/C11H7F3N2/c12-7-4-9(14)11(16-5-7)6-1-2-8(13)10(15)3-6/h1-5H,15H2. The van der Waals surface area contributed by atoms with Crippen molar-refractivity contribution in [1.29, 1.82) is 0 Å². The van der Waals surface area contributed by atoms with Crippen molar-refractivity contribution < 1.29 is 13.2 Å². The number of pyridine rings is 1. The van der Waals surface area contributed by atoms with Crippen molar-refractivity contribution in [3.63, 3.8) is 0 Å². The zero-order valence-corrected chi connectivity index (χ0v) is 8.05. The molecule has 2 nitrogen and oxygen atoms in total. The van der Waals surface area contributed by atoms with Gasteiger partial charge in [0.15, 0.2) is 5.82 Å². The van der Waals surface area contributed by atoms with Gasteiger partial charge in [0, 0.05) is 11.6 Å². The van der Waals surface area contributed by atoms with Gasteiger partial charge < -0.3 is 5.73 Å². The summed E-state index contributed by atoms with van der Waals surface area (Å²) in [5.74, 6) is -2.17. The van der Waals surface area contributed by atoms with Crippen molar-refractivity contribution in [1.82, 2.24) is 4.98 Å². The van der Waals surface area contributed by atoms with Crippen LogP contribution in [0.2, 0.25) is 0 Å². The molecule has 0 fully saturated rings. The molecule has 1 aromatic heterocycles. The second-order valence-corrected chi connectivity index (χ2v) is 3.22. The van der Waals surface area contributed by atoms with Crippen molar-refractivity contribution >= 4 is 5.69 Å². The molecule has 0 aliphatic heterocycles. The lowest BCUT2D eigenvalue weighted by Gasteiger charge is -2.04. The van der Waals surface area contributed by atoms with Crippen LogP contribution in [0.3, 0.4) is 0 Å². The molecule has 0 bridgehead atoms. The van der Waals surface area contributed by atoms with Crippen LogP contribution in [0.25, 0.3) is 11.3 Å². The summed E-state index contributed by atoms with van der Waals surface area (Å²) < 4.78 is 38.8. The molecule has 0 radical (unpaired) electrons. The van der Waals surface area contributed by atoms with Crippen LogP contribution < -0.4 is 5.73 Å². The van der Waals surface area contributed by atoms with Gasteiger partial charge in [-0.25, -0.2) is 13.2 Å². The Labute approximate surface area is 89.5 Å². The highest BCUT2D eigenvalue weighted by Gasteiger charge is 2.09. The molecule has 2 rings (SSSR count). The molecule has 0 saturated carbocycles. The third-order valence-corrected chi connectivity index (χ3v) is 2.08. The van der Waals surface area contributed by atoms with Gasteiger partial charge in [0.1, 0.15) is 17.3 Å². The van der Waals surface area contributed by atoms with E-state index in [0.29, 0.717) is 11.6 Å². The lowest BCUT2D eigenvalue weighted by molar-refractivity contribution is 0.576. The Morgan fingerprint density at radius 3 is 2.38 bits per heavy atom. The van der Waals surface area contributed by atoms with Crippen LogP contribution in [0.15, 0.2) is 30.5 Å². The van der Waals surface area contributed by atoms with Crippen LogP contribution in [0, 0.1) is 17.5 Å². The number of halogens is 3. The number of aromatic nitrogens is 1. The maximum atomic E-state index is 13.3. The molecule has 0 atom stereocenters. The third kappa shape index (κ3) is 1.84. The quantitative estimate of drug-likeness (QED) is 0.756. The predicted octanol–water partition coefficient (Wildman–Crippen LogP) is 2.75. The van der Waals surface area contributed by atoms with Gasteiger partial charge in [-0.3, -0.25) is 4.98 Å². The maximum Gasteiger partial charge on any atom is 0.152 e. The molecule has 0 aliphatic carbocycles. The maximum absolute atomic E-state index is 13.3. The van der Waals surface area contributed by atoms with E-state index >= 15 is 0 Å².